The zero-order chi connectivity index (χ0) is 14.5. The van der Waals surface area contributed by atoms with Crippen molar-refractivity contribution in [1.82, 2.24) is 0 Å². The van der Waals surface area contributed by atoms with E-state index < -0.39 is 6.03 Å². The third-order valence-electron chi connectivity index (χ3n) is 2.84. The SMILES string of the molecule is COc1cccc(N(C(N)=O)c2cccc(OC)c2)c1. The summed E-state index contributed by atoms with van der Waals surface area (Å²) in [6.07, 6.45) is 0. The third kappa shape index (κ3) is 2.83. The molecular formula is C15H16N2O3. The number of hydrogen-bond donors (Lipinski definition) is 1. The molecule has 2 amide bonds. The monoisotopic (exact) mass is 272 g/mol. The van der Waals surface area contributed by atoms with Crippen molar-refractivity contribution >= 4 is 17.4 Å². The van der Waals surface area contributed by atoms with Crippen molar-refractivity contribution in [1.29, 1.82) is 0 Å². The minimum absolute atomic E-state index is 0.577. The van der Waals surface area contributed by atoms with Crippen molar-refractivity contribution in [2.75, 3.05) is 19.1 Å². The van der Waals surface area contributed by atoms with Crippen LogP contribution in [-0.4, -0.2) is 20.3 Å². The fourth-order valence-corrected chi connectivity index (χ4v) is 1.90. The lowest BCUT2D eigenvalue weighted by Gasteiger charge is -2.21. The fourth-order valence-electron chi connectivity index (χ4n) is 1.90. The molecule has 2 rings (SSSR count). The minimum atomic E-state index is -0.577. The number of ether oxygens (including phenoxy) is 2. The van der Waals surface area contributed by atoms with Crippen molar-refractivity contribution in [3.05, 3.63) is 48.5 Å². The number of anilines is 2. The highest BCUT2D eigenvalue weighted by Crippen LogP contribution is 2.30. The van der Waals surface area contributed by atoms with Crippen LogP contribution in [0.1, 0.15) is 0 Å². The molecule has 5 nitrogen and oxygen atoms in total. The van der Waals surface area contributed by atoms with E-state index in [2.05, 4.69) is 0 Å². The zero-order valence-corrected chi connectivity index (χ0v) is 11.4. The maximum atomic E-state index is 11.8. The second-order valence-corrected chi connectivity index (χ2v) is 4.08. The number of amides is 2. The van der Waals surface area contributed by atoms with Gasteiger partial charge in [0.05, 0.1) is 25.6 Å². The van der Waals surface area contributed by atoms with Gasteiger partial charge in [0.25, 0.3) is 0 Å². The standard InChI is InChI=1S/C15H16N2O3/c1-19-13-7-3-5-11(9-13)17(15(16)18)12-6-4-8-14(10-12)20-2/h3-10H,1-2H3,(H2,16,18). The second kappa shape index (κ2) is 5.97. The molecule has 0 aromatic heterocycles. The van der Waals surface area contributed by atoms with Crippen LogP contribution >= 0.6 is 0 Å². The molecule has 2 aromatic rings. The first-order valence-corrected chi connectivity index (χ1v) is 6.03. The molecule has 5 heteroatoms. The summed E-state index contributed by atoms with van der Waals surface area (Å²) >= 11 is 0. The van der Waals surface area contributed by atoms with E-state index in [4.69, 9.17) is 15.2 Å². The van der Waals surface area contributed by atoms with Gasteiger partial charge in [-0.1, -0.05) is 12.1 Å². The lowest BCUT2D eigenvalue weighted by Crippen LogP contribution is -2.31. The largest absolute Gasteiger partial charge is 0.497 e. The Labute approximate surface area is 117 Å². The molecule has 0 saturated carbocycles. The molecule has 2 N–H and O–H groups in total. The molecule has 0 aliphatic rings. The topological polar surface area (TPSA) is 64.8 Å². The Morgan fingerprint density at radius 3 is 1.75 bits per heavy atom. The quantitative estimate of drug-likeness (QED) is 0.930. The molecule has 20 heavy (non-hydrogen) atoms. The van der Waals surface area contributed by atoms with Gasteiger partial charge in [0.2, 0.25) is 0 Å². The van der Waals surface area contributed by atoms with Crippen molar-refractivity contribution in [3.63, 3.8) is 0 Å². The predicted molar refractivity (Wildman–Crippen MR) is 77.7 cm³/mol. The summed E-state index contributed by atoms with van der Waals surface area (Å²) in [7, 11) is 3.14. The van der Waals surface area contributed by atoms with Crippen molar-refractivity contribution in [2.24, 2.45) is 5.73 Å². The van der Waals surface area contributed by atoms with Crippen molar-refractivity contribution in [3.8, 4) is 11.5 Å². The van der Waals surface area contributed by atoms with Gasteiger partial charge in [-0.2, -0.15) is 0 Å². The summed E-state index contributed by atoms with van der Waals surface area (Å²) in [5.74, 6) is 1.30. The van der Waals surface area contributed by atoms with Crippen LogP contribution in [0.5, 0.6) is 11.5 Å². The first kappa shape index (κ1) is 13.7. The van der Waals surface area contributed by atoms with Crippen LogP contribution in [0.2, 0.25) is 0 Å². The number of urea groups is 1. The number of methoxy groups -OCH3 is 2. The first-order chi connectivity index (χ1) is 9.65. The molecule has 104 valence electrons. The average molecular weight is 272 g/mol. The first-order valence-electron chi connectivity index (χ1n) is 6.03. The van der Waals surface area contributed by atoms with Gasteiger partial charge >= 0.3 is 6.03 Å². The number of nitrogens with zero attached hydrogens (tertiary/aromatic N) is 1. The van der Waals surface area contributed by atoms with E-state index in [-0.39, 0.29) is 0 Å². The number of rotatable bonds is 4. The maximum absolute atomic E-state index is 11.8. The summed E-state index contributed by atoms with van der Waals surface area (Å²) in [6.45, 7) is 0. The Hall–Kier alpha value is -2.69. The normalized spacial score (nSPS) is 9.90. The Balaban J connectivity index is 2.47. The highest BCUT2D eigenvalue weighted by Gasteiger charge is 2.16. The van der Waals surface area contributed by atoms with Gasteiger partial charge in [-0.15, -0.1) is 0 Å². The highest BCUT2D eigenvalue weighted by molar-refractivity contribution is 5.98. The molecule has 0 atom stereocenters. The third-order valence-corrected chi connectivity index (χ3v) is 2.84. The predicted octanol–water partition coefficient (Wildman–Crippen LogP) is 2.92. The number of benzene rings is 2. The van der Waals surface area contributed by atoms with Crippen LogP contribution in [0.15, 0.2) is 48.5 Å². The second-order valence-electron chi connectivity index (χ2n) is 4.08. The summed E-state index contributed by atoms with van der Waals surface area (Å²) in [5, 5.41) is 0. The van der Waals surface area contributed by atoms with Gasteiger partial charge in [-0.25, -0.2) is 4.79 Å². The molecule has 0 saturated heterocycles. The van der Waals surface area contributed by atoms with Gasteiger partial charge in [0.15, 0.2) is 0 Å². The molecule has 0 heterocycles. The Morgan fingerprint density at radius 2 is 1.40 bits per heavy atom. The van der Waals surface area contributed by atoms with Crippen LogP contribution in [0, 0.1) is 0 Å². The van der Waals surface area contributed by atoms with Crippen LogP contribution < -0.4 is 20.1 Å². The van der Waals surface area contributed by atoms with E-state index in [9.17, 15) is 4.79 Å². The van der Waals surface area contributed by atoms with E-state index >= 15 is 0 Å². The van der Waals surface area contributed by atoms with Gasteiger partial charge < -0.3 is 15.2 Å². The van der Waals surface area contributed by atoms with Crippen molar-refractivity contribution in [2.45, 2.75) is 0 Å². The number of nitrogens with two attached hydrogens (primary N) is 1. The van der Waals surface area contributed by atoms with E-state index in [1.165, 1.54) is 4.90 Å². The zero-order valence-electron chi connectivity index (χ0n) is 11.4. The molecule has 0 aliphatic heterocycles. The maximum Gasteiger partial charge on any atom is 0.323 e. The van der Waals surface area contributed by atoms with Gasteiger partial charge in [0.1, 0.15) is 11.5 Å². The van der Waals surface area contributed by atoms with Crippen molar-refractivity contribution < 1.29 is 14.3 Å². The number of primary amides is 1. The molecule has 0 spiro atoms. The van der Waals surface area contributed by atoms with Crippen LogP contribution in [0.4, 0.5) is 16.2 Å². The molecular weight excluding hydrogens is 256 g/mol. The van der Waals surface area contributed by atoms with E-state index in [1.54, 1.807) is 62.8 Å². The van der Waals surface area contributed by atoms with E-state index in [1.807, 2.05) is 0 Å². The summed E-state index contributed by atoms with van der Waals surface area (Å²) in [4.78, 5) is 13.2. The summed E-state index contributed by atoms with van der Waals surface area (Å²) < 4.78 is 10.3. The number of carbonyl (C=O) groups excluding carboxylic acids is 1. The number of hydrogen-bond acceptors (Lipinski definition) is 3. The lowest BCUT2D eigenvalue weighted by atomic mass is 10.2. The van der Waals surface area contributed by atoms with E-state index in [0.717, 1.165) is 0 Å². The van der Waals surface area contributed by atoms with Gasteiger partial charge in [0, 0.05) is 12.1 Å². The van der Waals surface area contributed by atoms with E-state index in [0.29, 0.717) is 22.9 Å². The Morgan fingerprint density at radius 1 is 0.950 bits per heavy atom. The summed E-state index contributed by atoms with van der Waals surface area (Å²) in [6, 6.07) is 13.7. The number of carbonyl (C=O) groups is 1. The lowest BCUT2D eigenvalue weighted by molar-refractivity contribution is 0.256. The fraction of sp³-hybridized carbons (Fsp3) is 0.133. The molecule has 0 unspecified atom stereocenters. The Bertz CT molecular complexity index is 566. The van der Waals surface area contributed by atoms with Crippen LogP contribution in [0.25, 0.3) is 0 Å². The smallest absolute Gasteiger partial charge is 0.323 e. The molecule has 0 fully saturated rings. The van der Waals surface area contributed by atoms with Gasteiger partial charge in [-0.05, 0) is 24.3 Å². The molecule has 2 aromatic carbocycles. The van der Waals surface area contributed by atoms with Crippen LogP contribution in [-0.2, 0) is 0 Å². The minimum Gasteiger partial charge on any atom is -0.497 e. The Kier molecular flexibility index (Phi) is 4.10. The molecule has 0 radical (unpaired) electrons. The molecule has 0 aliphatic carbocycles. The summed E-state index contributed by atoms with van der Waals surface area (Å²) in [5.41, 5.74) is 6.75. The van der Waals surface area contributed by atoms with Gasteiger partial charge in [-0.3, -0.25) is 4.90 Å². The molecule has 0 bridgehead atoms. The average Bonchev–Trinajstić information content (AvgIpc) is 2.47. The highest BCUT2D eigenvalue weighted by atomic mass is 16.5. The van der Waals surface area contributed by atoms with Crippen LogP contribution in [0.3, 0.4) is 0 Å².